The van der Waals surface area contributed by atoms with Gasteiger partial charge in [0.2, 0.25) is 0 Å². The maximum absolute atomic E-state index is 2.49. The minimum absolute atomic E-state index is 0.00500. The standard InChI is InChI=1S/C24H23N/c1-14-6-8-21-17(10-14)18-11-16(3)13-20-23(18)25(21)22-9-7-15(2)12-19(22)24(20,4)5/h6-13H,1-5H3. The molecule has 0 bridgehead atoms. The molecule has 0 spiro atoms. The van der Waals surface area contributed by atoms with Gasteiger partial charge in [0.05, 0.1) is 16.7 Å². The predicted molar refractivity (Wildman–Crippen MR) is 107 cm³/mol. The summed E-state index contributed by atoms with van der Waals surface area (Å²) in [6.07, 6.45) is 0. The zero-order valence-electron chi connectivity index (χ0n) is 15.6. The Hall–Kier alpha value is -2.54. The molecule has 0 N–H and O–H groups in total. The molecule has 2 heterocycles. The van der Waals surface area contributed by atoms with Gasteiger partial charge in [0, 0.05) is 16.2 Å². The van der Waals surface area contributed by atoms with Crippen LogP contribution in [-0.2, 0) is 5.41 Å². The highest BCUT2D eigenvalue weighted by atomic mass is 15.0. The number of aromatic nitrogens is 1. The Morgan fingerprint density at radius 2 is 1.32 bits per heavy atom. The molecule has 1 aromatic heterocycles. The fourth-order valence-electron chi connectivity index (χ4n) is 4.62. The molecular formula is C24H23N. The van der Waals surface area contributed by atoms with Gasteiger partial charge >= 0.3 is 0 Å². The van der Waals surface area contributed by atoms with Crippen molar-refractivity contribution < 1.29 is 0 Å². The van der Waals surface area contributed by atoms with Crippen LogP contribution >= 0.6 is 0 Å². The van der Waals surface area contributed by atoms with Crippen LogP contribution in [0.4, 0.5) is 0 Å². The number of benzene rings is 3. The van der Waals surface area contributed by atoms with Crippen molar-refractivity contribution in [2.45, 2.75) is 40.0 Å². The minimum Gasteiger partial charge on any atom is -0.309 e. The summed E-state index contributed by atoms with van der Waals surface area (Å²) in [5, 5.41) is 2.75. The summed E-state index contributed by atoms with van der Waals surface area (Å²) in [4.78, 5) is 0. The molecule has 1 aliphatic rings. The van der Waals surface area contributed by atoms with Crippen molar-refractivity contribution in [3.63, 3.8) is 0 Å². The highest BCUT2D eigenvalue weighted by molar-refractivity contribution is 6.12. The molecule has 0 unspecified atom stereocenters. The van der Waals surface area contributed by atoms with Crippen LogP contribution in [0.1, 0.15) is 41.7 Å². The van der Waals surface area contributed by atoms with Gasteiger partial charge in [-0.15, -0.1) is 0 Å². The first-order valence-corrected chi connectivity index (χ1v) is 9.05. The van der Waals surface area contributed by atoms with E-state index < -0.39 is 0 Å². The van der Waals surface area contributed by atoms with E-state index >= 15 is 0 Å². The zero-order chi connectivity index (χ0) is 17.5. The fraction of sp³-hybridized carbons (Fsp3) is 0.250. The lowest BCUT2D eigenvalue weighted by atomic mass is 9.74. The van der Waals surface area contributed by atoms with E-state index in [0.29, 0.717) is 0 Å². The summed E-state index contributed by atoms with van der Waals surface area (Å²) in [6.45, 7) is 11.3. The molecular weight excluding hydrogens is 302 g/mol. The van der Waals surface area contributed by atoms with Gasteiger partial charge < -0.3 is 4.57 Å². The van der Waals surface area contributed by atoms with E-state index in [2.05, 4.69) is 87.7 Å². The van der Waals surface area contributed by atoms with Crippen molar-refractivity contribution in [3.8, 4) is 5.69 Å². The van der Waals surface area contributed by atoms with Gasteiger partial charge in [0.15, 0.2) is 0 Å². The van der Waals surface area contributed by atoms with Crippen molar-refractivity contribution >= 4 is 21.8 Å². The minimum atomic E-state index is 0.00500. The summed E-state index contributed by atoms with van der Waals surface area (Å²) < 4.78 is 2.49. The molecule has 0 saturated carbocycles. The van der Waals surface area contributed by atoms with E-state index in [4.69, 9.17) is 0 Å². The molecule has 124 valence electrons. The van der Waals surface area contributed by atoms with Gasteiger partial charge in [-0.3, -0.25) is 0 Å². The second-order valence-electron chi connectivity index (χ2n) is 8.21. The second-order valence-corrected chi connectivity index (χ2v) is 8.21. The number of rotatable bonds is 0. The SMILES string of the molecule is Cc1ccc2c(c1)C(C)(C)c1cc(C)cc3c4cc(C)ccc4n-2c13. The maximum Gasteiger partial charge on any atom is 0.0582 e. The van der Waals surface area contributed by atoms with Crippen molar-refractivity contribution in [1.82, 2.24) is 4.57 Å². The molecule has 0 radical (unpaired) electrons. The predicted octanol–water partition coefficient (Wildman–Crippen LogP) is 6.35. The third-order valence-electron chi connectivity index (χ3n) is 5.90. The van der Waals surface area contributed by atoms with Crippen LogP contribution in [0.25, 0.3) is 27.5 Å². The summed E-state index contributed by atoms with van der Waals surface area (Å²) in [5.41, 5.74) is 10.9. The monoisotopic (exact) mass is 325 g/mol. The van der Waals surface area contributed by atoms with E-state index in [9.17, 15) is 0 Å². The first-order chi connectivity index (χ1) is 11.9. The summed E-state index contributed by atoms with van der Waals surface area (Å²) >= 11 is 0. The molecule has 5 rings (SSSR count). The Bertz CT molecular complexity index is 1190. The quantitative estimate of drug-likeness (QED) is 0.355. The number of hydrogen-bond donors (Lipinski definition) is 0. The highest BCUT2D eigenvalue weighted by Gasteiger charge is 2.35. The number of nitrogens with zero attached hydrogens (tertiary/aromatic N) is 1. The van der Waals surface area contributed by atoms with E-state index in [-0.39, 0.29) is 5.41 Å². The van der Waals surface area contributed by atoms with Gasteiger partial charge in [0.1, 0.15) is 0 Å². The molecule has 1 aliphatic heterocycles. The van der Waals surface area contributed by atoms with E-state index in [1.54, 1.807) is 0 Å². The van der Waals surface area contributed by atoms with Crippen LogP contribution in [0.5, 0.6) is 0 Å². The molecule has 0 saturated heterocycles. The van der Waals surface area contributed by atoms with Crippen LogP contribution in [0.15, 0.2) is 48.5 Å². The zero-order valence-corrected chi connectivity index (χ0v) is 15.6. The number of fused-ring (bicyclic) bond motifs is 5. The average Bonchev–Trinajstić information content (AvgIpc) is 2.87. The molecule has 25 heavy (non-hydrogen) atoms. The van der Waals surface area contributed by atoms with Crippen molar-refractivity contribution in [2.24, 2.45) is 0 Å². The molecule has 0 aliphatic carbocycles. The average molecular weight is 325 g/mol. The lowest BCUT2D eigenvalue weighted by molar-refractivity contribution is 0.629. The Labute approximate surface area is 148 Å². The summed E-state index contributed by atoms with van der Waals surface area (Å²) in [5.74, 6) is 0. The first kappa shape index (κ1) is 14.8. The lowest BCUT2D eigenvalue weighted by Crippen LogP contribution is -2.26. The lowest BCUT2D eigenvalue weighted by Gasteiger charge is -2.35. The van der Waals surface area contributed by atoms with Gasteiger partial charge in [-0.2, -0.15) is 0 Å². The Balaban J connectivity index is 2.11. The number of hydrogen-bond acceptors (Lipinski definition) is 0. The molecule has 1 nitrogen and oxygen atoms in total. The number of aryl methyl sites for hydroxylation is 3. The van der Waals surface area contributed by atoms with E-state index in [1.165, 1.54) is 55.3 Å². The Morgan fingerprint density at radius 1 is 0.680 bits per heavy atom. The second kappa shape index (κ2) is 4.54. The van der Waals surface area contributed by atoms with Crippen LogP contribution < -0.4 is 0 Å². The van der Waals surface area contributed by atoms with Gasteiger partial charge in [-0.1, -0.05) is 54.8 Å². The molecule has 4 aromatic rings. The van der Waals surface area contributed by atoms with E-state index in [1.807, 2.05) is 0 Å². The van der Waals surface area contributed by atoms with Crippen molar-refractivity contribution in [2.75, 3.05) is 0 Å². The molecule has 0 atom stereocenters. The Kier molecular flexibility index (Phi) is 2.69. The normalized spacial score (nSPS) is 14.9. The third-order valence-corrected chi connectivity index (χ3v) is 5.90. The van der Waals surface area contributed by atoms with Crippen molar-refractivity contribution in [1.29, 1.82) is 0 Å². The third kappa shape index (κ3) is 1.79. The fourth-order valence-corrected chi connectivity index (χ4v) is 4.62. The van der Waals surface area contributed by atoms with Crippen LogP contribution in [-0.4, -0.2) is 4.57 Å². The summed E-state index contributed by atoms with van der Waals surface area (Å²) in [6, 6.07) is 18.5. The van der Waals surface area contributed by atoms with Gasteiger partial charge in [-0.05, 0) is 56.2 Å². The maximum atomic E-state index is 2.49. The molecule has 0 amide bonds. The largest absolute Gasteiger partial charge is 0.309 e. The van der Waals surface area contributed by atoms with Gasteiger partial charge in [0.25, 0.3) is 0 Å². The van der Waals surface area contributed by atoms with Crippen LogP contribution in [0, 0.1) is 20.8 Å². The van der Waals surface area contributed by atoms with Crippen LogP contribution in [0.2, 0.25) is 0 Å². The summed E-state index contributed by atoms with van der Waals surface area (Å²) in [7, 11) is 0. The topological polar surface area (TPSA) is 4.93 Å². The molecule has 1 heteroatoms. The molecule has 3 aromatic carbocycles. The first-order valence-electron chi connectivity index (χ1n) is 9.05. The Morgan fingerprint density at radius 3 is 2.12 bits per heavy atom. The van der Waals surface area contributed by atoms with Gasteiger partial charge in [-0.25, -0.2) is 0 Å². The smallest absolute Gasteiger partial charge is 0.0582 e. The highest BCUT2D eigenvalue weighted by Crippen LogP contribution is 2.48. The van der Waals surface area contributed by atoms with Crippen molar-refractivity contribution in [3.05, 3.63) is 76.3 Å². The van der Waals surface area contributed by atoms with Crippen LogP contribution in [0.3, 0.4) is 0 Å². The molecule has 0 fully saturated rings. The van der Waals surface area contributed by atoms with E-state index in [0.717, 1.165) is 0 Å².